The van der Waals surface area contributed by atoms with Gasteiger partial charge in [0.1, 0.15) is 11.5 Å². The lowest BCUT2D eigenvalue weighted by Crippen LogP contribution is -2.51. The molecule has 9 nitrogen and oxygen atoms in total. The summed E-state index contributed by atoms with van der Waals surface area (Å²) in [6, 6.07) is 20.0. The smallest absolute Gasteiger partial charge is 0.343 e. The number of esters is 1. The van der Waals surface area contributed by atoms with E-state index >= 15 is 0 Å². The molecule has 0 aliphatic rings. The fourth-order valence-corrected chi connectivity index (χ4v) is 19.8. The predicted molar refractivity (Wildman–Crippen MR) is 227 cm³/mol. The predicted octanol–water partition coefficient (Wildman–Crippen LogP) is 12.6. The van der Waals surface area contributed by atoms with Gasteiger partial charge in [0, 0.05) is 6.07 Å². The SMILES string of the molecule is CC(CCCCC(C)(C)C)Oc1ccc(-c2ccc(OC(=O)c3ccc(OCCCCCC[Si](C)(C)O[Si](C)(C)O[Si](C)(C)C)cc3)cc2)cc1[N+](=O)[O-]. The van der Waals surface area contributed by atoms with E-state index in [1.165, 1.54) is 6.07 Å². The monoisotopic (exact) mass is 795 g/mol. The van der Waals surface area contributed by atoms with Crippen LogP contribution in [0.5, 0.6) is 17.2 Å². The van der Waals surface area contributed by atoms with E-state index in [0.717, 1.165) is 63.0 Å². The minimum absolute atomic E-state index is 0.0755. The summed E-state index contributed by atoms with van der Waals surface area (Å²) in [4.78, 5) is 24.4. The Morgan fingerprint density at radius 2 is 1.37 bits per heavy atom. The zero-order valence-corrected chi connectivity index (χ0v) is 37.7. The average molecular weight is 796 g/mol. The third-order valence-electron chi connectivity index (χ3n) is 8.78. The molecule has 0 N–H and O–H groups in total. The zero-order valence-electron chi connectivity index (χ0n) is 34.7. The Labute approximate surface area is 327 Å². The molecular weight excluding hydrogens is 731 g/mol. The number of unbranched alkanes of at least 4 members (excludes halogenated alkanes) is 4. The van der Waals surface area contributed by atoms with Gasteiger partial charge < -0.3 is 22.4 Å². The number of hydrogen-bond donors (Lipinski definition) is 0. The summed E-state index contributed by atoms with van der Waals surface area (Å²) in [5.41, 5.74) is 2.06. The first-order valence-electron chi connectivity index (χ1n) is 19.5. The van der Waals surface area contributed by atoms with Crippen LogP contribution < -0.4 is 14.2 Å². The number of nitro groups is 1. The summed E-state index contributed by atoms with van der Waals surface area (Å²) >= 11 is 0. The zero-order chi connectivity index (χ0) is 40.2. The van der Waals surface area contributed by atoms with Gasteiger partial charge in [-0.05, 0) is 143 Å². The summed E-state index contributed by atoms with van der Waals surface area (Å²) in [7, 11) is -5.49. The van der Waals surface area contributed by atoms with E-state index in [1.807, 2.05) is 13.0 Å². The number of nitro benzene ring substituents is 1. The fraction of sp³-hybridized carbons (Fsp3) is 0.548. The van der Waals surface area contributed by atoms with Crippen LogP contribution >= 0.6 is 0 Å². The molecule has 0 aliphatic heterocycles. The second kappa shape index (κ2) is 20.0. The van der Waals surface area contributed by atoms with E-state index < -0.39 is 36.1 Å². The van der Waals surface area contributed by atoms with Crippen molar-refractivity contribution in [2.24, 2.45) is 5.41 Å². The molecule has 0 fully saturated rings. The van der Waals surface area contributed by atoms with Crippen LogP contribution in [0.4, 0.5) is 5.69 Å². The van der Waals surface area contributed by atoms with Crippen LogP contribution in [0.1, 0.15) is 89.4 Å². The van der Waals surface area contributed by atoms with Crippen LogP contribution in [0.25, 0.3) is 11.1 Å². The molecule has 3 aromatic rings. The van der Waals surface area contributed by atoms with E-state index in [0.29, 0.717) is 34.6 Å². The molecule has 0 amide bonds. The summed E-state index contributed by atoms with van der Waals surface area (Å²) in [5, 5.41) is 11.9. The lowest BCUT2D eigenvalue weighted by Gasteiger charge is -2.37. The Bertz CT molecular complexity index is 1630. The maximum Gasteiger partial charge on any atom is 0.343 e. The number of carbonyl (C=O) groups excluding carboxylic acids is 1. The highest BCUT2D eigenvalue weighted by atomic mass is 28.5. The van der Waals surface area contributed by atoms with Gasteiger partial charge in [0.25, 0.3) is 0 Å². The quantitative estimate of drug-likeness (QED) is 0.0247. The van der Waals surface area contributed by atoms with E-state index in [-0.39, 0.29) is 17.5 Å². The third-order valence-corrected chi connectivity index (χ3v) is 18.9. The average Bonchev–Trinajstić information content (AvgIpc) is 3.05. The first-order valence-corrected chi connectivity index (χ1v) is 28.9. The molecule has 3 aromatic carbocycles. The summed E-state index contributed by atoms with van der Waals surface area (Å²) < 4.78 is 30.5. The Morgan fingerprint density at radius 3 is 1.98 bits per heavy atom. The molecule has 0 aliphatic carbocycles. The molecule has 3 rings (SSSR count). The molecule has 0 bridgehead atoms. The number of ether oxygens (including phenoxy) is 3. The van der Waals surface area contributed by atoms with Crippen LogP contribution in [0.2, 0.25) is 51.9 Å². The van der Waals surface area contributed by atoms with Crippen molar-refractivity contribution in [2.75, 3.05) is 6.61 Å². The highest BCUT2D eigenvalue weighted by Crippen LogP contribution is 2.34. The van der Waals surface area contributed by atoms with Gasteiger partial charge in [0.2, 0.25) is 0 Å². The van der Waals surface area contributed by atoms with Gasteiger partial charge in [-0.15, -0.1) is 0 Å². The number of rotatable bonds is 22. The van der Waals surface area contributed by atoms with Crippen molar-refractivity contribution in [3.63, 3.8) is 0 Å². The molecule has 0 saturated carbocycles. The second-order valence-electron chi connectivity index (χ2n) is 17.6. The highest BCUT2D eigenvalue weighted by molar-refractivity contribution is 6.87. The van der Waals surface area contributed by atoms with Crippen molar-refractivity contribution >= 4 is 36.9 Å². The third kappa shape index (κ3) is 17.0. The standard InChI is InChI=1S/C42H65NO8Si3/c1-33(18-14-15-29-42(2,3)4)48-40-28-23-36(32-39(40)43(45)46)34-19-26-38(27-20-34)49-41(44)35-21-24-37(25-22-35)47-30-16-12-13-17-31-53(8,9)51-54(10,11)50-52(5,6)7/h19-28,32-33H,12-18,29-31H2,1-11H3. The van der Waals surface area contributed by atoms with Gasteiger partial charge in [-0.25, -0.2) is 4.79 Å². The van der Waals surface area contributed by atoms with Gasteiger partial charge in [-0.3, -0.25) is 10.1 Å². The molecule has 0 aromatic heterocycles. The number of benzene rings is 3. The molecule has 12 heteroatoms. The lowest BCUT2D eigenvalue weighted by atomic mass is 9.89. The molecule has 0 radical (unpaired) electrons. The summed E-state index contributed by atoms with van der Waals surface area (Å²) in [5.74, 6) is 0.875. The van der Waals surface area contributed by atoms with E-state index in [4.69, 9.17) is 22.4 Å². The van der Waals surface area contributed by atoms with Gasteiger partial charge in [-0.1, -0.05) is 64.7 Å². The van der Waals surface area contributed by atoms with Crippen molar-refractivity contribution in [1.29, 1.82) is 0 Å². The minimum Gasteiger partial charge on any atom is -0.494 e. The fourth-order valence-electron chi connectivity index (χ4n) is 6.54. The maximum absolute atomic E-state index is 12.9. The Morgan fingerprint density at radius 1 is 0.759 bits per heavy atom. The van der Waals surface area contributed by atoms with Crippen LogP contribution in [-0.4, -0.2) is 48.8 Å². The lowest BCUT2D eigenvalue weighted by molar-refractivity contribution is -0.386. The Balaban J connectivity index is 1.43. The molecule has 0 saturated heterocycles. The number of hydrogen-bond acceptors (Lipinski definition) is 8. The van der Waals surface area contributed by atoms with E-state index in [1.54, 1.807) is 54.6 Å². The van der Waals surface area contributed by atoms with Gasteiger partial charge in [0.05, 0.1) is 23.2 Å². The number of nitrogens with zero attached hydrogens (tertiary/aromatic N) is 1. The second-order valence-corrected chi connectivity index (χ2v) is 30.3. The molecule has 54 heavy (non-hydrogen) atoms. The Kier molecular flexibility index (Phi) is 16.7. The van der Waals surface area contributed by atoms with Crippen LogP contribution in [0, 0.1) is 15.5 Å². The van der Waals surface area contributed by atoms with E-state index in [2.05, 4.69) is 66.6 Å². The summed E-state index contributed by atoms with van der Waals surface area (Å²) in [6.07, 6.45) is 8.28. The first kappa shape index (κ1) is 45.1. The van der Waals surface area contributed by atoms with Crippen LogP contribution in [0.3, 0.4) is 0 Å². The highest BCUT2D eigenvalue weighted by Gasteiger charge is 2.37. The van der Waals surface area contributed by atoms with Gasteiger partial charge in [0.15, 0.2) is 22.4 Å². The first-order chi connectivity index (χ1) is 25.1. The van der Waals surface area contributed by atoms with Crippen LogP contribution in [-0.2, 0) is 8.23 Å². The molecule has 298 valence electrons. The minimum atomic E-state index is -2.10. The molecule has 0 heterocycles. The largest absolute Gasteiger partial charge is 0.494 e. The maximum atomic E-state index is 12.9. The van der Waals surface area contributed by atoms with Gasteiger partial charge in [-0.2, -0.15) is 0 Å². The van der Waals surface area contributed by atoms with Crippen molar-refractivity contribution in [3.05, 3.63) is 82.4 Å². The van der Waals surface area contributed by atoms with Crippen molar-refractivity contribution in [2.45, 2.75) is 137 Å². The normalized spacial score (nSPS) is 13.0. The molecule has 1 unspecified atom stereocenters. The Hall–Kier alpha value is -3.30. The number of carbonyl (C=O) groups is 1. The molecule has 0 spiro atoms. The topological polar surface area (TPSA) is 106 Å². The van der Waals surface area contributed by atoms with Crippen molar-refractivity contribution in [3.8, 4) is 28.4 Å². The molecule has 1 atom stereocenters. The summed E-state index contributed by atoms with van der Waals surface area (Å²) in [6.45, 7) is 24.9. The van der Waals surface area contributed by atoms with Crippen molar-refractivity contribution in [1.82, 2.24) is 0 Å². The van der Waals surface area contributed by atoms with Crippen LogP contribution in [0.15, 0.2) is 66.7 Å². The van der Waals surface area contributed by atoms with Crippen molar-refractivity contribution < 1.29 is 32.2 Å². The molecular formula is C42H65NO8Si3. The van der Waals surface area contributed by atoms with Gasteiger partial charge >= 0.3 is 20.2 Å². The van der Waals surface area contributed by atoms with E-state index in [9.17, 15) is 14.9 Å².